The predicted octanol–water partition coefficient (Wildman–Crippen LogP) is 0.0787. The number of morpholine rings is 1. The molecule has 82 valence electrons. The zero-order valence-electron chi connectivity index (χ0n) is 7.43. The number of methoxy groups -OCH3 is 1. The topological polar surface area (TPSA) is 47.6 Å². The van der Waals surface area contributed by atoms with Gasteiger partial charge in [0.2, 0.25) is 0 Å². The van der Waals surface area contributed by atoms with Crippen molar-refractivity contribution in [1.82, 2.24) is 5.32 Å². The second-order valence-electron chi connectivity index (χ2n) is 2.85. The Bertz CT molecular complexity index is 211. The van der Waals surface area contributed by atoms with Gasteiger partial charge in [0.1, 0.15) is 6.04 Å². The van der Waals surface area contributed by atoms with E-state index in [1.807, 2.05) is 0 Å². The summed E-state index contributed by atoms with van der Waals surface area (Å²) >= 11 is 0. The highest BCUT2D eigenvalue weighted by Crippen LogP contribution is 2.24. The van der Waals surface area contributed by atoms with E-state index >= 15 is 0 Å². The second kappa shape index (κ2) is 4.14. The average molecular weight is 213 g/mol. The lowest BCUT2D eigenvalue weighted by atomic mass is 10.2. The summed E-state index contributed by atoms with van der Waals surface area (Å²) < 4.78 is 45.0. The smallest absolute Gasteiger partial charge is 0.415 e. The van der Waals surface area contributed by atoms with Gasteiger partial charge in [-0.15, -0.1) is 0 Å². The molecule has 1 heterocycles. The van der Waals surface area contributed by atoms with Crippen molar-refractivity contribution < 1.29 is 27.4 Å². The summed E-state index contributed by atoms with van der Waals surface area (Å²) in [6.45, 7) is -0.750. The molecule has 14 heavy (non-hydrogen) atoms. The second-order valence-corrected chi connectivity index (χ2v) is 2.85. The highest BCUT2D eigenvalue weighted by atomic mass is 19.4. The molecule has 0 aromatic heterocycles. The van der Waals surface area contributed by atoms with Crippen molar-refractivity contribution in [2.75, 3.05) is 20.3 Å². The molecule has 7 heteroatoms. The third-order valence-corrected chi connectivity index (χ3v) is 1.86. The summed E-state index contributed by atoms with van der Waals surface area (Å²) in [5.74, 6) is -0.620. The number of esters is 1. The van der Waals surface area contributed by atoms with Crippen LogP contribution in [0.4, 0.5) is 13.2 Å². The van der Waals surface area contributed by atoms with Crippen LogP contribution in [0.1, 0.15) is 0 Å². The average Bonchev–Trinajstić information content (AvgIpc) is 2.15. The Labute approximate surface area is 78.4 Å². The minimum atomic E-state index is -4.39. The minimum Gasteiger partial charge on any atom is -0.468 e. The molecule has 2 atom stereocenters. The van der Waals surface area contributed by atoms with Gasteiger partial charge in [0.25, 0.3) is 0 Å². The first-order valence-corrected chi connectivity index (χ1v) is 3.94. The maximum atomic E-state index is 12.1. The Morgan fingerprint density at radius 1 is 1.57 bits per heavy atom. The SMILES string of the molecule is COC(=O)[C@@H]1CO[C@H](C(F)(F)F)CN1. The van der Waals surface area contributed by atoms with Crippen LogP contribution < -0.4 is 5.32 Å². The van der Waals surface area contributed by atoms with Crippen LogP contribution in [0.25, 0.3) is 0 Å². The number of hydrogen-bond acceptors (Lipinski definition) is 4. The van der Waals surface area contributed by atoms with Gasteiger partial charge in [-0.1, -0.05) is 0 Å². The molecule has 0 aromatic carbocycles. The molecule has 0 amide bonds. The highest BCUT2D eigenvalue weighted by Gasteiger charge is 2.44. The monoisotopic (exact) mass is 213 g/mol. The van der Waals surface area contributed by atoms with Crippen LogP contribution >= 0.6 is 0 Å². The van der Waals surface area contributed by atoms with Crippen molar-refractivity contribution in [3.63, 3.8) is 0 Å². The first-order chi connectivity index (χ1) is 6.45. The lowest BCUT2D eigenvalue weighted by Gasteiger charge is -2.29. The van der Waals surface area contributed by atoms with E-state index in [4.69, 9.17) is 0 Å². The van der Waals surface area contributed by atoms with Gasteiger partial charge in [-0.3, -0.25) is 10.1 Å². The van der Waals surface area contributed by atoms with E-state index in [0.717, 1.165) is 0 Å². The Morgan fingerprint density at radius 2 is 2.21 bits per heavy atom. The van der Waals surface area contributed by atoms with E-state index in [-0.39, 0.29) is 6.61 Å². The predicted molar refractivity (Wildman–Crippen MR) is 39.6 cm³/mol. The van der Waals surface area contributed by atoms with Gasteiger partial charge in [0.15, 0.2) is 6.10 Å². The number of ether oxygens (including phenoxy) is 2. The summed E-state index contributed by atoms with van der Waals surface area (Å²) in [5.41, 5.74) is 0. The maximum Gasteiger partial charge on any atom is 0.415 e. The molecule has 4 nitrogen and oxygen atoms in total. The lowest BCUT2D eigenvalue weighted by Crippen LogP contribution is -2.54. The molecule has 0 unspecified atom stereocenters. The van der Waals surface area contributed by atoms with E-state index in [9.17, 15) is 18.0 Å². The molecule has 0 radical (unpaired) electrons. The van der Waals surface area contributed by atoms with Crippen molar-refractivity contribution in [2.45, 2.75) is 18.3 Å². The molecule has 1 fully saturated rings. The molecule has 0 spiro atoms. The van der Waals surface area contributed by atoms with Crippen LogP contribution in [0.3, 0.4) is 0 Å². The van der Waals surface area contributed by atoms with Crippen LogP contribution in [0.15, 0.2) is 0 Å². The van der Waals surface area contributed by atoms with Gasteiger partial charge < -0.3 is 9.47 Å². The number of rotatable bonds is 1. The molecule has 0 aliphatic carbocycles. The van der Waals surface area contributed by atoms with E-state index in [1.165, 1.54) is 7.11 Å². The van der Waals surface area contributed by atoms with Gasteiger partial charge in [0, 0.05) is 6.54 Å². The standard InChI is InChI=1S/C7H10F3NO3/c1-13-6(12)4-3-14-5(2-11-4)7(8,9)10/h4-5,11H,2-3H2,1H3/t4-,5-/m0/s1. The molecule has 1 N–H and O–H groups in total. The van der Waals surface area contributed by atoms with Gasteiger partial charge in [-0.05, 0) is 0 Å². The van der Waals surface area contributed by atoms with Crippen LogP contribution in [-0.4, -0.2) is 44.6 Å². The quantitative estimate of drug-likeness (QED) is 0.626. The molecule has 1 aliphatic rings. The number of hydrogen-bond donors (Lipinski definition) is 1. The van der Waals surface area contributed by atoms with Crippen LogP contribution in [0.5, 0.6) is 0 Å². The normalized spacial score (nSPS) is 28.6. The molecule has 0 saturated carbocycles. The fraction of sp³-hybridized carbons (Fsp3) is 0.857. The number of nitrogens with one attached hydrogen (secondary N) is 1. The number of carbonyl (C=O) groups excluding carboxylic acids is 1. The zero-order valence-corrected chi connectivity index (χ0v) is 7.43. The number of alkyl halides is 3. The summed E-state index contributed by atoms with van der Waals surface area (Å²) in [4.78, 5) is 10.9. The number of carbonyl (C=O) groups is 1. The molecule has 0 aromatic rings. The van der Waals surface area contributed by atoms with Crippen LogP contribution in [-0.2, 0) is 14.3 Å². The fourth-order valence-electron chi connectivity index (χ4n) is 1.08. The molecule has 1 saturated heterocycles. The Balaban J connectivity index is 2.43. The first kappa shape index (κ1) is 11.3. The first-order valence-electron chi connectivity index (χ1n) is 3.94. The van der Waals surface area contributed by atoms with Gasteiger partial charge in [-0.2, -0.15) is 13.2 Å². The van der Waals surface area contributed by atoms with Crippen molar-refractivity contribution in [1.29, 1.82) is 0 Å². The zero-order chi connectivity index (χ0) is 10.8. The van der Waals surface area contributed by atoms with E-state index < -0.39 is 30.8 Å². The molecule has 0 bridgehead atoms. The maximum absolute atomic E-state index is 12.1. The van der Waals surface area contributed by atoms with E-state index in [0.29, 0.717) is 0 Å². The Morgan fingerprint density at radius 3 is 2.57 bits per heavy atom. The summed E-state index contributed by atoms with van der Waals surface area (Å²) in [6, 6.07) is -0.807. The largest absolute Gasteiger partial charge is 0.468 e. The molecular weight excluding hydrogens is 203 g/mol. The van der Waals surface area contributed by atoms with Crippen molar-refractivity contribution in [2.24, 2.45) is 0 Å². The van der Waals surface area contributed by atoms with Crippen molar-refractivity contribution in [3.05, 3.63) is 0 Å². The summed E-state index contributed by atoms with van der Waals surface area (Å²) in [6.07, 6.45) is -6.24. The molecular formula is C7H10F3NO3. The third-order valence-electron chi connectivity index (χ3n) is 1.86. The van der Waals surface area contributed by atoms with Crippen LogP contribution in [0, 0.1) is 0 Å². The van der Waals surface area contributed by atoms with Crippen molar-refractivity contribution >= 4 is 5.97 Å². The lowest BCUT2D eigenvalue weighted by molar-refractivity contribution is -0.230. The van der Waals surface area contributed by atoms with E-state index in [2.05, 4.69) is 14.8 Å². The Hall–Kier alpha value is -0.820. The van der Waals surface area contributed by atoms with Crippen molar-refractivity contribution in [3.8, 4) is 0 Å². The molecule has 1 rings (SSSR count). The summed E-state index contributed by atoms with van der Waals surface area (Å²) in [7, 11) is 1.17. The third kappa shape index (κ3) is 2.58. The Kier molecular flexibility index (Phi) is 3.33. The highest BCUT2D eigenvalue weighted by molar-refractivity contribution is 5.75. The number of halogens is 3. The van der Waals surface area contributed by atoms with Gasteiger partial charge in [0.05, 0.1) is 13.7 Å². The fourth-order valence-corrected chi connectivity index (χ4v) is 1.08. The molecule has 1 aliphatic heterocycles. The summed E-state index contributed by atoms with van der Waals surface area (Å²) in [5, 5.41) is 2.41. The van der Waals surface area contributed by atoms with Gasteiger partial charge in [-0.25, -0.2) is 0 Å². The minimum absolute atomic E-state index is 0.323. The van der Waals surface area contributed by atoms with Gasteiger partial charge >= 0.3 is 12.1 Å². The van der Waals surface area contributed by atoms with E-state index in [1.54, 1.807) is 0 Å². The van der Waals surface area contributed by atoms with Crippen LogP contribution in [0.2, 0.25) is 0 Å².